The highest BCUT2D eigenvalue weighted by atomic mass is 16.5. The van der Waals surface area contributed by atoms with Crippen LogP contribution in [0, 0.1) is 0 Å². The number of hydrogen-bond acceptors (Lipinski definition) is 5. The first-order valence-corrected chi connectivity index (χ1v) is 6.99. The molecule has 0 bridgehead atoms. The van der Waals surface area contributed by atoms with Crippen molar-refractivity contribution in [2.75, 3.05) is 44.4 Å². The van der Waals surface area contributed by atoms with Gasteiger partial charge in [-0.15, -0.1) is 0 Å². The van der Waals surface area contributed by atoms with Crippen molar-refractivity contribution in [2.24, 2.45) is 0 Å². The number of nitrogens with zero attached hydrogens (tertiary/aromatic N) is 2. The number of anilines is 2. The van der Waals surface area contributed by atoms with Crippen molar-refractivity contribution in [1.82, 2.24) is 4.90 Å². The fraction of sp³-hybridized carbons (Fsp3) is 0.533. The summed E-state index contributed by atoms with van der Waals surface area (Å²) in [6.07, 6.45) is 1.09. The molecule has 110 valence electrons. The number of carbonyl (C=O) groups excluding carboxylic acids is 1. The average Bonchev–Trinajstić information content (AvgIpc) is 2.47. The number of hydrogen-bond donors (Lipinski definition) is 1. The van der Waals surface area contributed by atoms with E-state index in [4.69, 9.17) is 10.5 Å². The van der Waals surface area contributed by atoms with E-state index in [1.165, 1.54) is 7.11 Å². The minimum atomic E-state index is -0.334. The smallest absolute Gasteiger partial charge is 0.340 e. The number of ether oxygens (including phenoxy) is 1. The van der Waals surface area contributed by atoms with Gasteiger partial charge in [-0.05, 0) is 31.7 Å². The van der Waals surface area contributed by atoms with E-state index < -0.39 is 0 Å². The zero-order chi connectivity index (χ0) is 14.7. The number of nitrogen functional groups attached to an aromatic ring is 1. The van der Waals surface area contributed by atoms with E-state index in [1.54, 1.807) is 6.07 Å². The summed E-state index contributed by atoms with van der Waals surface area (Å²) in [6, 6.07) is 5.95. The molecule has 1 heterocycles. The van der Waals surface area contributed by atoms with Gasteiger partial charge >= 0.3 is 5.97 Å². The van der Waals surface area contributed by atoms with Gasteiger partial charge in [-0.3, -0.25) is 4.90 Å². The maximum absolute atomic E-state index is 11.9. The Morgan fingerprint density at radius 2 is 2.20 bits per heavy atom. The van der Waals surface area contributed by atoms with E-state index in [2.05, 4.69) is 23.8 Å². The summed E-state index contributed by atoms with van der Waals surface area (Å²) >= 11 is 0. The van der Waals surface area contributed by atoms with Crippen molar-refractivity contribution in [1.29, 1.82) is 0 Å². The topological polar surface area (TPSA) is 58.8 Å². The fourth-order valence-electron chi connectivity index (χ4n) is 2.71. The summed E-state index contributed by atoms with van der Waals surface area (Å²) in [7, 11) is 3.55. The Balaban J connectivity index is 2.30. The van der Waals surface area contributed by atoms with E-state index >= 15 is 0 Å². The zero-order valence-electron chi connectivity index (χ0n) is 12.4. The molecule has 0 spiro atoms. The normalized spacial score (nSPS) is 19.9. The molecule has 20 heavy (non-hydrogen) atoms. The number of carbonyl (C=O) groups is 1. The van der Waals surface area contributed by atoms with Crippen molar-refractivity contribution >= 4 is 17.3 Å². The lowest BCUT2D eigenvalue weighted by atomic mass is 10.1. The van der Waals surface area contributed by atoms with Gasteiger partial charge in [0.2, 0.25) is 0 Å². The second-order valence-corrected chi connectivity index (χ2v) is 5.26. The molecule has 1 aromatic rings. The van der Waals surface area contributed by atoms with Crippen LogP contribution in [-0.2, 0) is 4.74 Å². The number of nitrogens with two attached hydrogens (primary N) is 1. The molecule has 0 radical (unpaired) electrons. The Kier molecular flexibility index (Phi) is 4.49. The van der Waals surface area contributed by atoms with Crippen LogP contribution in [0.3, 0.4) is 0 Å². The molecule has 1 atom stereocenters. The standard InChI is InChI=1S/C15H23N3O2/c1-4-12-10-18(8-7-17(12)2)14-6-5-11(16)9-13(14)15(19)20-3/h5-6,9,12H,4,7-8,10,16H2,1-3H3. The molecule has 5 nitrogen and oxygen atoms in total. The minimum Gasteiger partial charge on any atom is -0.465 e. The van der Waals surface area contributed by atoms with Crippen LogP contribution in [0.15, 0.2) is 18.2 Å². The van der Waals surface area contributed by atoms with Gasteiger partial charge in [0.05, 0.1) is 18.4 Å². The molecule has 1 fully saturated rings. The lowest BCUT2D eigenvalue weighted by molar-refractivity contribution is 0.0601. The Labute approximate surface area is 120 Å². The zero-order valence-corrected chi connectivity index (χ0v) is 12.4. The van der Waals surface area contributed by atoms with Crippen LogP contribution in [0.4, 0.5) is 11.4 Å². The van der Waals surface area contributed by atoms with Crippen LogP contribution in [0.25, 0.3) is 0 Å². The molecular weight excluding hydrogens is 254 g/mol. The van der Waals surface area contributed by atoms with Crippen LogP contribution in [0.5, 0.6) is 0 Å². The monoisotopic (exact) mass is 277 g/mol. The number of esters is 1. The number of benzene rings is 1. The number of piperazine rings is 1. The highest BCUT2D eigenvalue weighted by Gasteiger charge is 2.26. The maximum Gasteiger partial charge on any atom is 0.340 e. The second-order valence-electron chi connectivity index (χ2n) is 5.26. The molecule has 1 saturated heterocycles. The van der Waals surface area contributed by atoms with Crippen LogP contribution >= 0.6 is 0 Å². The molecule has 2 N–H and O–H groups in total. The highest BCUT2D eigenvalue weighted by Crippen LogP contribution is 2.26. The summed E-state index contributed by atoms with van der Waals surface area (Å²) in [4.78, 5) is 16.5. The van der Waals surface area contributed by atoms with Crippen molar-refractivity contribution in [3.8, 4) is 0 Å². The first kappa shape index (κ1) is 14.7. The van der Waals surface area contributed by atoms with E-state index in [0.717, 1.165) is 31.7 Å². The van der Waals surface area contributed by atoms with Crippen molar-refractivity contribution in [3.63, 3.8) is 0 Å². The van der Waals surface area contributed by atoms with Crippen molar-refractivity contribution in [3.05, 3.63) is 23.8 Å². The Morgan fingerprint density at radius 3 is 2.85 bits per heavy atom. The SMILES string of the molecule is CCC1CN(c2ccc(N)cc2C(=O)OC)CCN1C. The van der Waals surface area contributed by atoms with Gasteiger partial charge in [0, 0.05) is 31.4 Å². The number of rotatable bonds is 3. The largest absolute Gasteiger partial charge is 0.465 e. The lowest BCUT2D eigenvalue weighted by Crippen LogP contribution is -2.51. The summed E-state index contributed by atoms with van der Waals surface area (Å²) in [5.74, 6) is -0.334. The third kappa shape index (κ3) is 2.88. The molecule has 1 aliphatic rings. The number of likely N-dealkylation sites (N-methyl/N-ethyl adjacent to an activating group) is 1. The van der Waals surface area contributed by atoms with Gasteiger partial charge in [-0.1, -0.05) is 6.92 Å². The van der Waals surface area contributed by atoms with E-state index in [9.17, 15) is 4.79 Å². The van der Waals surface area contributed by atoms with E-state index in [1.807, 2.05) is 12.1 Å². The summed E-state index contributed by atoms with van der Waals surface area (Å²) in [5.41, 5.74) is 7.83. The van der Waals surface area contributed by atoms with Gasteiger partial charge in [0.25, 0.3) is 0 Å². The fourth-order valence-corrected chi connectivity index (χ4v) is 2.71. The molecule has 0 amide bonds. The van der Waals surface area contributed by atoms with Gasteiger partial charge < -0.3 is 15.4 Å². The van der Waals surface area contributed by atoms with Gasteiger partial charge in [-0.2, -0.15) is 0 Å². The van der Waals surface area contributed by atoms with Crippen molar-refractivity contribution < 1.29 is 9.53 Å². The molecule has 1 unspecified atom stereocenters. The Morgan fingerprint density at radius 1 is 1.45 bits per heavy atom. The predicted molar refractivity (Wildman–Crippen MR) is 81.1 cm³/mol. The van der Waals surface area contributed by atoms with Crippen LogP contribution in [-0.4, -0.2) is 50.7 Å². The first-order valence-electron chi connectivity index (χ1n) is 6.99. The molecule has 0 saturated carbocycles. The quantitative estimate of drug-likeness (QED) is 0.671. The predicted octanol–water partition coefficient (Wildman–Crippen LogP) is 1.59. The Hall–Kier alpha value is -1.75. The van der Waals surface area contributed by atoms with Crippen LogP contribution < -0.4 is 10.6 Å². The van der Waals surface area contributed by atoms with Crippen LogP contribution in [0.2, 0.25) is 0 Å². The minimum absolute atomic E-state index is 0.334. The van der Waals surface area contributed by atoms with E-state index in [0.29, 0.717) is 17.3 Å². The summed E-state index contributed by atoms with van der Waals surface area (Å²) < 4.78 is 4.87. The summed E-state index contributed by atoms with van der Waals surface area (Å²) in [5, 5.41) is 0. The van der Waals surface area contributed by atoms with Gasteiger partial charge in [0.1, 0.15) is 0 Å². The van der Waals surface area contributed by atoms with Crippen LogP contribution in [0.1, 0.15) is 23.7 Å². The maximum atomic E-state index is 11.9. The molecule has 2 rings (SSSR count). The van der Waals surface area contributed by atoms with E-state index in [-0.39, 0.29) is 5.97 Å². The van der Waals surface area contributed by atoms with Gasteiger partial charge in [-0.25, -0.2) is 4.79 Å². The second kappa shape index (κ2) is 6.13. The van der Waals surface area contributed by atoms with Gasteiger partial charge in [0.15, 0.2) is 0 Å². The summed E-state index contributed by atoms with van der Waals surface area (Å²) in [6.45, 7) is 5.00. The number of methoxy groups -OCH3 is 1. The molecule has 0 aliphatic carbocycles. The third-order valence-electron chi connectivity index (χ3n) is 4.01. The third-order valence-corrected chi connectivity index (χ3v) is 4.01. The molecule has 0 aromatic heterocycles. The first-order chi connectivity index (χ1) is 9.56. The Bertz CT molecular complexity index is 490. The highest BCUT2D eigenvalue weighted by molar-refractivity contribution is 5.97. The lowest BCUT2D eigenvalue weighted by Gasteiger charge is -2.40. The molecular formula is C15H23N3O2. The molecule has 5 heteroatoms. The average molecular weight is 277 g/mol. The van der Waals surface area contributed by atoms with Crippen molar-refractivity contribution in [2.45, 2.75) is 19.4 Å². The molecule has 1 aromatic carbocycles. The molecule has 1 aliphatic heterocycles.